The van der Waals surface area contributed by atoms with Crippen LogP contribution in [0.4, 0.5) is 5.69 Å². The van der Waals surface area contributed by atoms with Crippen molar-refractivity contribution in [1.82, 2.24) is 14.4 Å². The smallest absolute Gasteiger partial charge is 0.343 e. The molecule has 1 aromatic carbocycles. The van der Waals surface area contributed by atoms with Gasteiger partial charge in [0.25, 0.3) is 5.56 Å². The van der Waals surface area contributed by atoms with Crippen LogP contribution >= 0.6 is 0 Å². The number of nitrogens with one attached hydrogen (secondary N) is 1. The van der Waals surface area contributed by atoms with Crippen LogP contribution in [-0.2, 0) is 4.79 Å². The molecule has 1 saturated carbocycles. The van der Waals surface area contributed by atoms with Crippen molar-refractivity contribution in [3.8, 4) is 0 Å². The Balaban J connectivity index is 1.79. The van der Waals surface area contributed by atoms with Crippen LogP contribution in [0.25, 0.3) is 16.6 Å². The number of rotatable bonds is 3. The topological polar surface area (TPSA) is 114 Å². The number of carboxylic acid groups (broad SMARTS) is 1. The molecule has 0 unspecified atom stereocenters. The summed E-state index contributed by atoms with van der Waals surface area (Å²) in [5, 5.41) is 12.8. The van der Waals surface area contributed by atoms with E-state index in [0.29, 0.717) is 22.2 Å². The van der Waals surface area contributed by atoms with Crippen molar-refractivity contribution in [3.63, 3.8) is 0 Å². The van der Waals surface area contributed by atoms with Crippen molar-refractivity contribution in [2.75, 3.05) is 5.32 Å². The summed E-state index contributed by atoms with van der Waals surface area (Å²) in [4.78, 5) is 45.0. The summed E-state index contributed by atoms with van der Waals surface area (Å²) < 4.78 is 1.13. The first-order chi connectivity index (χ1) is 13.5. The van der Waals surface area contributed by atoms with E-state index in [4.69, 9.17) is 0 Å². The Morgan fingerprint density at radius 3 is 2.68 bits per heavy atom. The second-order valence-corrected chi connectivity index (χ2v) is 7.18. The maximum Gasteiger partial charge on any atom is 0.343 e. The molecule has 2 N–H and O–H groups in total. The zero-order valence-corrected chi connectivity index (χ0v) is 15.4. The van der Waals surface area contributed by atoms with Crippen LogP contribution in [-0.4, -0.2) is 31.4 Å². The fraction of sp³-hybridized carbons (Fsp3) is 0.350. The molecular formula is C20H20N4O4. The van der Waals surface area contributed by atoms with Crippen molar-refractivity contribution < 1.29 is 14.7 Å². The molecule has 8 nitrogen and oxygen atoms in total. The van der Waals surface area contributed by atoms with Gasteiger partial charge in [-0.15, -0.1) is 0 Å². The SMILES string of the molecule is Cc1nc2c3cc(NC(=O)C4CCCCC4)ccc3ncn2c(=O)c1C(=O)O. The summed E-state index contributed by atoms with van der Waals surface area (Å²) in [6.07, 6.45) is 6.40. The van der Waals surface area contributed by atoms with Crippen LogP contribution in [0.1, 0.15) is 48.2 Å². The van der Waals surface area contributed by atoms with Crippen molar-refractivity contribution in [3.05, 3.63) is 46.1 Å². The predicted octanol–water partition coefficient (Wildman–Crippen LogP) is 2.77. The van der Waals surface area contributed by atoms with Crippen molar-refractivity contribution in [2.24, 2.45) is 5.92 Å². The summed E-state index contributed by atoms with van der Waals surface area (Å²) in [5.41, 5.74) is 0.603. The number of hydrogen-bond donors (Lipinski definition) is 2. The van der Waals surface area contributed by atoms with Crippen LogP contribution in [0.3, 0.4) is 0 Å². The number of hydrogen-bond acceptors (Lipinski definition) is 5. The maximum absolute atomic E-state index is 12.5. The standard InChI is InChI=1S/C20H20N4O4/c1-11-16(20(27)28)19(26)24-10-21-15-8-7-13(9-14(15)17(24)22-11)23-18(25)12-5-3-2-4-6-12/h7-10,12H,2-6H2,1H3,(H,23,25)(H,27,28). The average Bonchev–Trinajstić information content (AvgIpc) is 2.68. The molecule has 8 heteroatoms. The zero-order chi connectivity index (χ0) is 19.8. The van der Waals surface area contributed by atoms with Gasteiger partial charge in [0.1, 0.15) is 11.9 Å². The van der Waals surface area contributed by atoms with Crippen LogP contribution < -0.4 is 10.9 Å². The predicted molar refractivity (Wildman–Crippen MR) is 104 cm³/mol. The lowest BCUT2D eigenvalue weighted by Crippen LogP contribution is -2.25. The number of aromatic carboxylic acids is 1. The van der Waals surface area contributed by atoms with E-state index < -0.39 is 11.5 Å². The van der Waals surface area contributed by atoms with Crippen LogP contribution in [0.15, 0.2) is 29.3 Å². The number of amides is 1. The van der Waals surface area contributed by atoms with Gasteiger partial charge < -0.3 is 10.4 Å². The van der Waals surface area contributed by atoms with E-state index in [9.17, 15) is 19.5 Å². The van der Waals surface area contributed by atoms with Gasteiger partial charge in [-0.2, -0.15) is 0 Å². The molecule has 28 heavy (non-hydrogen) atoms. The minimum atomic E-state index is -1.32. The van der Waals surface area contributed by atoms with E-state index in [1.165, 1.54) is 19.7 Å². The molecule has 4 rings (SSSR count). The van der Waals surface area contributed by atoms with E-state index in [1.54, 1.807) is 18.2 Å². The molecule has 0 radical (unpaired) electrons. The summed E-state index contributed by atoms with van der Waals surface area (Å²) in [7, 11) is 0. The van der Waals surface area contributed by atoms with E-state index in [0.717, 1.165) is 30.1 Å². The van der Waals surface area contributed by atoms with Crippen LogP contribution in [0.2, 0.25) is 0 Å². The Labute approximate surface area is 160 Å². The Kier molecular flexibility index (Phi) is 4.54. The van der Waals surface area contributed by atoms with Crippen molar-refractivity contribution in [2.45, 2.75) is 39.0 Å². The number of carbonyl (C=O) groups is 2. The van der Waals surface area contributed by atoms with Gasteiger partial charge in [-0.1, -0.05) is 19.3 Å². The lowest BCUT2D eigenvalue weighted by molar-refractivity contribution is -0.120. The number of aromatic nitrogens is 3. The van der Waals surface area contributed by atoms with Crippen molar-refractivity contribution in [1.29, 1.82) is 0 Å². The van der Waals surface area contributed by atoms with E-state index in [-0.39, 0.29) is 23.1 Å². The molecule has 0 spiro atoms. The van der Waals surface area contributed by atoms with Gasteiger partial charge in [-0.25, -0.2) is 19.2 Å². The molecule has 2 heterocycles. The lowest BCUT2D eigenvalue weighted by atomic mass is 9.88. The van der Waals surface area contributed by atoms with Crippen molar-refractivity contribution >= 4 is 34.1 Å². The molecule has 144 valence electrons. The number of fused-ring (bicyclic) bond motifs is 3. The molecule has 1 aliphatic carbocycles. The van der Waals surface area contributed by atoms with Crippen LogP contribution in [0, 0.1) is 12.8 Å². The zero-order valence-electron chi connectivity index (χ0n) is 15.4. The third kappa shape index (κ3) is 3.11. The van der Waals surface area contributed by atoms with E-state index >= 15 is 0 Å². The molecule has 3 aromatic rings. The number of nitrogens with zero attached hydrogens (tertiary/aromatic N) is 3. The maximum atomic E-state index is 12.5. The average molecular weight is 380 g/mol. The number of carbonyl (C=O) groups excluding carboxylic acids is 1. The lowest BCUT2D eigenvalue weighted by Gasteiger charge is -2.20. The minimum Gasteiger partial charge on any atom is -0.477 e. The first-order valence-corrected chi connectivity index (χ1v) is 9.31. The molecular weight excluding hydrogens is 360 g/mol. The summed E-state index contributed by atoms with van der Waals surface area (Å²) in [6, 6.07) is 5.24. The first-order valence-electron chi connectivity index (χ1n) is 9.31. The first kappa shape index (κ1) is 18.1. The van der Waals surface area contributed by atoms with Gasteiger partial charge in [0.2, 0.25) is 5.91 Å². The number of benzene rings is 1. The van der Waals surface area contributed by atoms with Crippen LogP contribution in [0.5, 0.6) is 0 Å². The molecule has 1 aliphatic rings. The second kappa shape index (κ2) is 7.03. The molecule has 2 aromatic heterocycles. The monoisotopic (exact) mass is 380 g/mol. The van der Waals surface area contributed by atoms with Gasteiger partial charge in [-0.05, 0) is 38.0 Å². The fourth-order valence-corrected chi connectivity index (χ4v) is 3.82. The third-order valence-electron chi connectivity index (χ3n) is 5.30. The Morgan fingerprint density at radius 1 is 1.21 bits per heavy atom. The fourth-order valence-electron chi connectivity index (χ4n) is 3.82. The summed E-state index contributed by atoms with van der Waals surface area (Å²) in [6.45, 7) is 1.49. The van der Waals surface area contributed by atoms with Gasteiger partial charge >= 0.3 is 5.97 Å². The summed E-state index contributed by atoms with van der Waals surface area (Å²) in [5.74, 6) is -1.30. The van der Waals surface area contributed by atoms with Gasteiger partial charge in [0.15, 0.2) is 5.65 Å². The molecule has 0 bridgehead atoms. The number of carboxylic acids is 1. The molecule has 0 saturated heterocycles. The third-order valence-corrected chi connectivity index (χ3v) is 5.30. The Bertz CT molecular complexity index is 1160. The summed E-state index contributed by atoms with van der Waals surface area (Å²) >= 11 is 0. The van der Waals surface area contributed by atoms with E-state index in [2.05, 4.69) is 15.3 Å². The molecule has 1 fully saturated rings. The highest BCUT2D eigenvalue weighted by molar-refractivity contribution is 5.98. The Hall–Kier alpha value is -3.29. The highest BCUT2D eigenvalue weighted by Gasteiger charge is 2.22. The van der Waals surface area contributed by atoms with E-state index in [1.807, 2.05) is 0 Å². The normalized spacial score (nSPS) is 15.0. The molecule has 1 amide bonds. The number of anilines is 1. The quantitative estimate of drug-likeness (QED) is 0.676. The minimum absolute atomic E-state index is 0.00159. The van der Waals surface area contributed by atoms with Gasteiger partial charge in [0, 0.05) is 17.0 Å². The molecule has 0 atom stereocenters. The van der Waals surface area contributed by atoms with Gasteiger partial charge in [0.05, 0.1) is 11.2 Å². The number of aryl methyl sites for hydroxylation is 1. The Morgan fingerprint density at radius 2 is 1.96 bits per heavy atom. The van der Waals surface area contributed by atoms with Gasteiger partial charge in [-0.3, -0.25) is 9.59 Å². The largest absolute Gasteiger partial charge is 0.477 e. The highest BCUT2D eigenvalue weighted by Crippen LogP contribution is 2.26. The highest BCUT2D eigenvalue weighted by atomic mass is 16.4. The molecule has 0 aliphatic heterocycles. The second-order valence-electron chi connectivity index (χ2n) is 7.18.